The molecule has 1 aliphatic rings. The van der Waals surface area contributed by atoms with Crippen molar-refractivity contribution in [2.75, 3.05) is 20.2 Å². The molecule has 7 heteroatoms. The second-order valence-corrected chi connectivity index (χ2v) is 7.63. The number of methoxy groups -OCH3 is 1. The summed E-state index contributed by atoms with van der Waals surface area (Å²) >= 11 is 0. The van der Waals surface area contributed by atoms with Crippen molar-refractivity contribution in [3.8, 4) is 5.75 Å². The zero-order chi connectivity index (χ0) is 21.3. The third-order valence-electron chi connectivity index (χ3n) is 5.24. The summed E-state index contributed by atoms with van der Waals surface area (Å²) in [7, 11) is 1.74. The number of phenolic OH excluding ortho intramolecular Hbond substituents is 1. The van der Waals surface area contributed by atoms with Crippen molar-refractivity contribution in [1.29, 1.82) is 0 Å². The predicted octanol–water partition coefficient (Wildman–Crippen LogP) is 2.41. The highest BCUT2D eigenvalue weighted by atomic mass is 16.5. The Morgan fingerprint density at radius 2 is 2.07 bits per heavy atom. The number of aromatic hydroxyl groups is 1. The molecule has 1 aromatic carbocycles. The number of benzene rings is 1. The van der Waals surface area contributed by atoms with E-state index >= 15 is 0 Å². The van der Waals surface area contributed by atoms with Gasteiger partial charge in [0.15, 0.2) is 0 Å². The maximum absolute atomic E-state index is 12.0. The average Bonchev–Trinajstić information content (AvgIpc) is 3.12. The molecule has 1 atom stereocenters. The van der Waals surface area contributed by atoms with Gasteiger partial charge in [-0.25, -0.2) is 0 Å². The lowest BCUT2D eigenvalue weighted by Crippen LogP contribution is -2.41. The largest absolute Gasteiger partial charge is 0.508 e. The number of hydrogen-bond acceptors (Lipinski definition) is 5. The van der Waals surface area contributed by atoms with E-state index < -0.39 is 0 Å². The van der Waals surface area contributed by atoms with Crippen molar-refractivity contribution < 1.29 is 19.4 Å². The zero-order valence-electron chi connectivity index (χ0n) is 17.7. The van der Waals surface area contributed by atoms with E-state index in [1.165, 1.54) is 6.07 Å². The van der Waals surface area contributed by atoms with Crippen LogP contribution in [0.4, 0.5) is 0 Å². The summed E-state index contributed by atoms with van der Waals surface area (Å²) in [5.74, 6) is -0.463. The van der Waals surface area contributed by atoms with E-state index in [2.05, 4.69) is 26.1 Å². The Morgan fingerprint density at radius 1 is 1.39 bits per heavy atom. The van der Waals surface area contributed by atoms with Gasteiger partial charge in [-0.05, 0) is 52.2 Å². The Labute approximate surface area is 168 Å². The number of nitrogens with one attached hydrogen (secondary N) is 1. The molecule has 1 saturated heterocycles. The molecule has 1 aromatic rings. The molecule has 1 heterocycles. The van der Waals surface area contributed by atoms with Crippen molar-refractivity contribution in [2.45, 2.75) is 65.1 Å². The second kappa shape index (κ2) is 11.0. The third kappa shape index (κ3) is 7.13. The first-order chi connectivity index (χ1) is 13.1. The number of hydrogen-bond donors (Lipinski definition) is 3. The molecule has 0 saturated carbocycles. The summed E-state index contributed by atoms with van der Waals surface area (Å²) in [4.78, 5) is 25.8. The van der Waals surface area contributed by atoms with Crippen molar-refractivity contribution in [1.82, 2.24) is 10.2 Å². The molecule has 28 heavy (non-hydrogen) atoms. The summed E-state index contributed by atoms with van der Waals surface area (Å²) in [6.45, 7) is 9.21. The molecular formula is C21H35N3O4. The van der Waals surface area contributed by atoms with Gasteiger partial charge in [-0.3, -0.25) is 9.59 Å². The smallest absolute Gasteiger partial charge is 0.251 e. The van der Waals surface area contributed by atoms with E-state index in [0.717, 1.165) is 25.8 Å². The lowest BCUT2D eigenvalue weighted by atomic mass is 10.1. The quantitative estimate of drug-likeness (QED) is 0.688. The number of nitrogens with zero attached hydrogens (tertiary/aromatic N) is 1. The van der Waals surface area contributed by atoms with Gasteiger partial charge < -0.3 is 25.8 Å². The van der Waals surface area contributed by atoms with E-state index in [4.69, 9.17) is 10.5 Å². The van der Waals surface area contributed by atoms with E-state index in [9.17, 15) is 14.7 Å². The van der Waals surface area contributed by atoms with Gasteiger partial charge in [-0.1, -0.05) is 13.0 Å². The number of phenols is 1. The molecule has 0 radical (unpaired) electrons. The highest BCUT2D eigenvalue weighted by Crippen LogP contribution is 2.18. The third-order valence-corrected chi connectivity index (χ3v) is 5.24. The van der Waals surface area contributed by atoms with Crippen LogP contribution in [0, 0.1) is 0 Å². The average molecular weight is 394 g/mol. The Bertz CT molecular complexity index is 655. The molecule has 7 nitrogen and oxygen atoms in total. The van der Waals surface area contributed by atoms with Gasteiger partial charge in [0.2, 0.25) is 5.91 Å². The van der Waals surface area contributed by atoms with Crippen LogP contribution >= 0.6 is 0 Å². The SMILES string of the molecule is CC1CCCN1C(=O)CNC(=O)c1ccc(CN)c(O)c1.CCC(C)(C)OC. The van der Waals surface area contributed by atoms with Crippen molar-refractivity contribution in [2.24, 2.45) is 5.73 Å². The fraction of sp³-hybridized carbons (Fsp3) is 0.619. The molecule has 158 valence electrons. The van der Waals surface area contributed by atoms with Crippen LogP contribution in [0.25, 0.3) is 0 Å². The first kappa shape index (κ1) is 23.9. The summed E-state index contributed by atoms with van der Waals surface area (Å²) in [5, 5.41) is 12.3. The number of amides is 2. The maximum Gasteiger partial charge on any atom is 0.251 e. The molecular weight excluding hydrogens is 358 g/mol. The summed E-state index contributed by atoms with van der Waals surface area (Å²) in [5.41, 5.74) is 6.42. The van der Waals surface area contributed by atoms with Crippen LogP contribution in [0.5, 0.6) is 5.75 Å². The lowest BCUT2D eigenvalue weighted by molar-refractivity contribution is -0.130. The molecule has 0 spiro atoms. The normalized spacial score (nSPS) is 16.4. The predicted molar refractivity (Wildman–Crippen MR) is 110 cm³/mol. The van der Waals surface area contributed by atoms with Gasteiger partial charge in [0, 0.05) is 37.4 Å². The molecule has 0 aliphatic carbocycles. The van der Waals surface area contributed by atoms with Gasteiger partial charge >= 0.3 is 0 Å². The van der Waals surface area contributed by atoms with E-state index in [-0.39, 0.29) is 42.3 Å². The second-order valence-electron chi connectivity index (χ2n) is 7.63. The first-order valence-corrected chi connectivity index (χ1v) is 9.80. The topological polar surface area (TPSA) is 105 Å². The van der Waals surface area contributed by atoms with Crippen LogP contribution in [-0.2, 0) is 16.1 Å². The highest BCUT2D eigenvalue weighted by Gasteiger charge is 2.25. The van der Waals surface area contributed by atoms with Crippen LogP contribution < -0.4 is 11.1 Å². The minimum atomic E-state index is -0.380. The van der Waals surface area contributed by atoms with Crippen molar-refractivity contribution >= 4 is 11.8 Å². The molecule has 0 aromatic heterocycles. The molecule has 2 rings (SSSR count). The molecule has 1 unspecified atom stereocenters. The lowest BCUT2D eigenvalue weighted by Gasteiger charge is -2.21. The van der Waals surface area contributed by atoms with E-state index in [1.54, 1.807) is 24.1 Å². The monoisotopic (exact) mass is 393 g/mol. The van der Waals surface area contributed by atoms with Crippen molar-refractivity contribution in [3.63, 3.8) is 0 Å². The van der Waals surface area contributed by atoms with Crippen LogP contribution in [0.2, 0.25) is 0 Å². The van der Waals surface area contributed by atoms with Gasteiger partial charge in [0.1, 0.15) is 5.75 Å². The maximum atomic E-state index is 12.0. The Hall–Kier alpha value is -2.12. The highest BCUT2D eigenvalue weighted by molar-refractivity contribution is 5.96. The molecule has 1 fully saturated rings. The minimum Gasteiger partial charge on any atom is -0.508 e. The van der Waals surface area contributed by atoms with Gasteiger partial charge in [-0.2, -0.15) is 0 Å². The molecule has 1 aliphatic heterocycles. The van der Waals surface area contributed by atoms with Gasteiger partial charge in [-0.15, -0.1) is 0 Å². The van der Waals surface area contributed by atoms with Crippen molar-refractivity contribution in [3.05, 3.63) is 29.3 Å². The number of carbonyl (C=O) groups is 2. The Morgan fingerprint density at radius 3 is 2.50 bits per heavy atom. The van der Waals surface area contributed by atoms with Gasteiger partial charge in [0.25, 0.3) is 5.91 Å². The standard InChI is InChI=1S/C15H21N3O3.C6H14O/c1-10-3-2-6-18(10)14(20)9-17-15(21)11-4-5-12(8-16)13(19)7-11;1-5-6(2,3)7-4/h4-5,7,10,19H,2-3,6,8-9,16H2,1H3,(H,17,21);5H2,1-4H3. The van der Waals surface area contributed by atoms with Crippen LogP contribution in [0.3, 0.4) is 0 Å². The van der Waals surface area contributed by atoms with Crippen LogP contribution in [-0.4, -0.2) is 53.7 Å². The molecule has 2 amide bonds. The van der Waals surface area contributed by atoms with Crippen LogP contribution in [0.15, 0.2) is 18.2 Å². The Balaban J connectivity index is 0.000000480. The summed E-state index contributed by atoms with van der Waals surface area (Å²) < 4.78 is 5.09. The number of rotatable bonds is 6. The van der Waals surface area contributed by atoms with Crippen LogP contribution in [0.1, 0.15) is 62.9 Å². The zero-order valence-corrected chi connectivity index (χ0v) is 17.7. The number of nitrogens with two attached hydrogens (primary N) is 1. The fourth-order valence-corrected chi connectivity index (χ4v) is 2.69. The number of likely N-dealkylation sites (tertiary alicyclic amines) is 1. The number of carbonyl (C=O) groups excluding carboxylic acids is 2. The Kier molecular flexibility index (Phi) is 9.41. The number of ether oxygens (including phenoxy) is 1. The van der Waals surface area contributed by atoms with E-state index in [0.29, 0.717) is 11.1 Å². The molecule has 0 bridgehead atoms. The molecule has 4 N–H and O–H groups in total. The summed E-state index contributed by atoms with van der Waals surface area (Å²) in [6.07, 6.45) is 3.09. The summed E-state index contributed by atoms with van der Waals surface area (Å²) in [6, 6.07) is 4.79. The first-order valence-electron chi connectivity index (χ1n) is 9.80. The van der Waals surface area contributed by atoms with Gasteiger partial charge in [0.05, 0.1) is 12.1 Å². The fourth-order valence-electron chi connectivity index (χ4n) is 2.69. The minimum absolute atomic E-state index is 0.00959. The van der Waals surface area contributed by atoms with E-state index in [1.807, 2.05) is 6.92 Å².